The van der Waals surface area contributed by atoms with Crippen LogP contribution in [0.1, 0.15) is 12.2 Å². The molecule has 0 aliphatic heterocycles. The Bertz CT molecular complexity index is 405. The predicted octanol–water partition coefficient (Wildman–Crippen LogP) is 0.191. The van der Waals surface area contributed by atoms with E-state index in [0.717, 1.165) is 31.9 Å². The number of aromatic nitrogens is 5. The van der Waals surface area contributed by atoms with Crippen molar-refractivity contribution in [3.8, 4) is 0 Å². The van der Waals surface area contributed by atoms with Crippen molar-refractivity contribution >= 4 is 0 Å². The maximum Gasteiger partial charge on any atom is 0.146 e. The van der Waals surface area contributed by atoms with Gasteiger partial charge in [0.25, 0.3) is 0 Å². The Hall–Kier alpha value is -1.69. The van der Waals surface area contributed by atoms with E-state index in [1.54, 1.807) is 12.5 Å². The predicted molar refractivity (Wildman–Crippen MR) is 59.6 cm³/mol. The second-order valence-corrected chi connectivity index (χ2v) is 3.69. The normalized spacial score (nSPS) is 10.8. The summed E-state index contributed by atoms with van der Waals surface area (Å²) < 4.78 is 3.99. The minimum absolute atomic E-state index is 0.764. The number of imidazole rings is 1. The van der Waals surface area contributed by atoms with Crippen LogP contribution in [0.5, 0.6) is 0 Å². The molecule has 6 heteroatoms. The summed E-state index contributed by atoms with van der Waals surface area (Å²) in [6.07, 6.45) is 8.40. The van der Waals surface area contributed by atoms with E-state index in [1.165, 1.54) is 0 Å². The lowest BCUT2D eigenvalue weighted by molar-refractivity contribution is 0.564. The molecule has 0 radical (unpaired) electrons. The quantitative estimate of drug-likeness (QED) is 0.706. The van der Waals surface area contributed by atoms with Crippen molar-refractivity contribution in [2.75, 3.05) is 6.54 Å². The van der Waals surface area contributed by atoms with Gasteiger partial charge in [0.05, 0.1) is 12.9 Å². The van der Waals surface area contributed by atoms with Crippen molar-refractivity contribution < 1.29 is 0 Å². The lowest BCUT2D eigenvalue weighted by Crippen LogP contribution is -2.18. The molecular weight excluding hydrogens is 204 g/mol. The highest BCUT2D eigenvalue weighted by molar-refractivity contribution is 4.82. The molecule has 1 N–H and O–H groups in total. The van der Waals surface area contributed by atoms with Crippen LogP contribution in [-0.2, 0) is 20.1 Å². The second-order valence-electron chi connectivity index (χ2n) is 3.69. The van der Waals surface area contributed by atoms with E-state index >= 15 is 0 Å². The summed E-state index contributed by atoms with van der Waals surface area (Å²) in [7, 11) is 1.95. The van der Waals surface area contributed by atoms with Crippen molar-refractivity contribution in [3.05, 3.63) is 30.9 Å². The average Bonchev–Trinajstić information content (AvgIpc) is 2.90. The Morgan fingerprint density at radius 1 is 1.38 bits per heavy atom. The van der Waals surface area contributed by atoms with Gasteiger partial charge in [-0.25, -0.2) is 4.98 Å². The molecule has 0 aliphatic rings. The van der Waals surface area contributed by atoms with Crippen molar-refractivity contribution in [2.45, 2.75) is 19.5 Å². The molecule has 0 atom stereocenters. The Morgan fingerprint density at radius 2 is 2.31 bits per heavy atom. The van der Waals surface area contributed by atoms with Gasteiger partial charge in [-0.3, -0.25) is 0 Å². The number of nitrogens with zero attached hydrogens (tertiary/aromatic N) is 5. The van der Waals surface area contributed by atoms with Gasteiger partial charge in [-0.05, 0) is 13.0 Å². The van der Waals surface area contributed by atoms with Crippen LogP contribution in [0.4, 0.5) is 0 Å². The van der Waals surface area contributed by atoms with Gasteiger partial charge in [0.1, 0.15) is 12.2 Å². The molecule has 2 aromatic heterocycles. The third-order valence-electron chi connectivity index (χ3n) is 2.42. The van der Waals surface area contributed by atoms with Crippen molar-refractivity contribution in [2.24, 2.45) is 7.05 Å². The summed E-state index contributed by atoms with van der Waals surface area (Å²) in [5.41, 5.74) is 0. The first-order chi connectivity index (χ1) is 7.86. The van der Waals surface area contributed by atoms with Crippen LogP contribution in [0.15, 0.2) is 25.0 Å². The Labute approximate surface area is 94.3 Å². The fourth-order valence-electron chi connectivity index (χ4n) is 1.47. The summed E-state index contributed by atoms with van der Waals surface area (Å²) in [5, 5.41) is 11.2. The molecule has 0 amide bonds. The van der Waals surface area contributed by atoms with E-state index in [4.69, 9.17) is 0 Å². The Morgan fingerprint density at radius 3 is 3.00 bits per heavy atom. The molecule has 2 heterocycles. The van der Waals surface area contributed by atoms with Gasteiger partial charge in [-0.1, -0.05) is 0 Å². The van der Waals surface area contributed by atoms with Gasteiger partial charge in [0, 0.05) is 26.0 Å². The lowest BCUT2D eigenvalue weighted by Gasteiger charge is -2.04. The summed E-state index contributed by atoms with van der Waals surface area (Å²) >= 11 is 0. The molecular formula is C10H16N6. The molecule has 0 fully saturated rings. The van der Waals surface area contributed by atoms with Gasteiger partial charge in [-0.2, -0.15) is 0 Å². The molecule has 0 unspecified atom stereocenters. The molecule has 86 valence electrons. The smallest absolute Gasteiger partial charge is 0.146 e. The van der Waals surface area contributed by atoms with E-state index in [9.17, 15) is 0 Å². The number of nitrogens with one attached hydrogen (secondary N) is 1. The molecule has 0 saturated carbocycles. The summed E-state index contributed by atoms with van der Waals surface area (Å²) in [6, 6.07) is 0. The highest BCUT2D eigenvalue weighted by Gasteiger charge is 1.98. The van der Waals surface area contributed by atoms with Crippen LogP contribution in [0, 0.1) is 0 Å². The lowest BCUT2D eigenvalue weighted by atomic mass is 10.4. The SMILES string of the molecule is Cn1cnnc1CNCCCn1ccnc1. The molecule has 6 nitrogen and oxygen atoms in total. The standard InChI is InChI=1S/C10H16N6/c1-15-9-13-14-10(15)7-11-3-2-5-16-6-4-12-8-16/h4,6,8-9,11H,2-3,5,7H2,1H3. The van der Waals surface area contributed by atoms with Crippen LogP contribution in [0.3, 0.4) is 0 Å². The first-order valence-corrected chi connectivity index (χ1v) is 5.35. The van der Waals surface area contributed by atoms with Gasteiger partial charge < -0.3 is 14.5 Å². The van der Waals surface area contributed by atoms with E-state index in [0.29, 0.717) is 0 Å². The van der Waals surface area contributed by atoms with Crippen LogP contribution in [0.2, 0.25) is 0 Å². The first kappa shape index (κ1) is 10.8. The van der Waals surface area contributed by atoms with Gasteiger partial charge in [0.15, 0.2) is 0 Å². The minimum atomic E-state index is 0.764. The van der Waals surface area contributed by atoms with Gasteiger partial charge in [0.2, 0.25) is 0 Å². The Kier molecular flexibility index (Phi) is 3.66. The van der Waals surface area contributed by atoms with Crippen molar-refractivity contribution in [3.63, 3.8) is 0 Å². The van der Waals surface area contributed by atoms with Gasteiger partial charge in [-0.15, -0.1) is 10.2 Å². The van der Waals surface area contributed by atoms with E-state index < -0.39 is 0 Å². The summed E-state index contributed by atoms with van der Waals surface area (Å²) in [4.78, 5) is 3.99. The maximum atomic E-state index is 4.00. The van der Waals surface area contributed by atoms with Crippen molar-refractivity contribution in [1.82, 2.24) is 29.6 Å². The van der Waals surface area contributed by atoms with Gasteiger partial charge >= 0.3 is 0 Å². The zero-order valence-electron chi connectivity index (χ0n) is 9.37. The molecule has 2 rings (SSSR count). The molecule has 0 aromatic carbocycles. The third-order valence-corrected chi connectivity index (χ3v) is 2.42. The second kappa shape index (κ2) is 5.41. The molecule has 0 aliphatic carbocycles. The van der Waals surface area contributed by atoms with Crippen LogP contribution < -0.4 is 5.32 Å². The zero-order valence-corrected chi connectivity index (χ0v) is 9.37. The molecule has 16 heavy (non-hydrogen) atoms. The highest BCUT2D eigenvalue weighted by atomic mass is 15.3. The topological polar surface area (TPSA) is 60.6 Å². The van der Waals surface area contributed by atoms with E-state index in [2.05, 4.69) is 25.1 Å². The van der Waals surface area contributed by atoms with Crippen LogP contribution in [-0.4, -0.2) is 30.9 Å². The number of hydrogen-bond acceptors (Lipinski definition) is 4. The molecule has 2 aromatic rings. The highest BCUT2D eigenvalue weighted by Crippen LogP contribution is 1.92. The number of aryl methyl sites for hydroxylation is 2. The van der Waals surface area contributed by atoms with Crippen LogP contribution >= 0.6 is 0 Å². The van der Waals surface area contributed by atoms with E-state index in [-0.39, 0.29) is 0 Å². The fourth-order valence-corrected chi connectivity index (χ4v) is 1.47. The van der Waals surface area contributed by atoms with Crippen LogP contribution in [0.25, 0.3) is 0 Å². The molecule has 0 saturated heterocycles. The zero-order chi connectivity index (χ0) is 11.2. The first-order valence-electron chi connectivity index (χ1n) is 5.35. The van der Waals surface area contributed by atoms with E-state index in [1.807, 2.05) is 24.1 Å². The summed E-state index contributed by atoms with van der Waals surface area (Å²) in [5.74, 6) is 0.961. The average molecular weight is 220 g/mol. The minimum Gasteiger partial charge on any atom is -0.337 e. The Balaban J connectivity index is 1.61. The van der Waals surface area contributed by atoms with Crippen molar-refractivity contribution in [1.29, 1.82) is 0 Å². The number of rotatable bonds is 6. The largest absolute Gasteiger partial charge is 0.337 e. The molecule has 0 bridgehead atoms. The number of hydrogen-bond donors (Lipinski definition) is 1. The third kappa shape index (κ3) is 2.90. The maximum absolute atomic E-state index is 4.00. The summed E-state index contributed by atoms with van der Waals surface area (Å²) in [6.45, 7) is 2.72. The molecule has 0 spiro atoms. The monoisotopic (exact) mass is 220 g/mol. The fraction of sp³-hybridized carbons (Fsp3) is 0.500.